The molecule has 11 heteroatoms. The van der Waals surface area contributed by atoms with E-state index >= 15 is 0 Å². The Bertz CT molecular complexity index is 891. The number of aryl methyl sites for hydroxylation is 1. The quantitative estimate of drug-likeness (QED) is 0.457. The maximum Gasteiger partial charge on any atom is 0.253 e. The van der Waals surface area contributed by atoms with Gasteiger partial charge in [-0.3, -0.25) is 14.4 Å². The SMILES string of the molecule is CSCCC(NC(=O)c1ccccc1Cl)C(=O)Nc1nc(C)c(SCC(N)=O)s1. The van der Waals surface area contributed by atoms with E-state index in [1.165, 1.54) is 23.1 Å². The Kier molecular flexibility index (Phi) is 9.28. The van der Waals surface area contributed by atoms with E-state index in [2.05, 4.69) is 15.6 Å². The number of amides is 3. The van der Waals surface area contributed by atoms with Crippen molar-refractivity contribution in [2.24, 2.45) is 5.73 Å². The van der Waals surface area contributed by atoms with Gasteiger partial charge in [-0.2, -0.15) is 11.8 Å². The lowest BCUT2D eigenvalue weighted by atomic mass is 10.1. The van der Waals surface area contributed by atoms with Gasteiger partial charge in [0, 0.05) is 0 Å². The van der Waals surface area contributed by atoms with E-state index in [9.17, 15) is 14.4 Å². The lowest BCUT2D eigenvalue weighted by molar-refractivity contribution is -0.118. The summed E-state index contributed by atoms with van der Waals surface area (Å²) >= 11 is 10.2. The molecule has 3 amide bonds. The first-order valence-corrected chi connectivity index (χ1v) is 12.1. The fraction of sp³-hybridized carbons (Fsp3) is 0.333. The first kappa shape index (κ1) is 23.5. The number of carbonyl (C=O) groups is 3. The van der Waals surface area contributed by atoms with Gasteiger partial charge >= 0.3 is 0 Å². The summed E-state index contributed by atoms with van der Waals surface area (Å²) in [6.07, 6.45) is 2.38. The molecule has 2 aromatic rings. The number of thiazole rings is 1. The zero-order chi connectivity index (χ0) is 21.4. The molecule has 0 aliphatic heterocycles. The first-order chi connectivity index (χ1) is 13.8. The molecule has 1 atom stereocenters. The monoisotopic (exact) mass is 472 g/mol. The first-order valence-electron chi connectivity index (χ1n) is 8.55. The van der Waals surface area contributed by atoms with Gasteiger partial charge in [0.15, 0.2) is 5.13 Å². The molecular formula is C18H21ClN4O3S3. The number of nitrogens with zero attached hydrogens (tertiary/aromatic N) is 1. The Labute approximate surface area is 186 Å². The van der Waals surface area contributed by atoms with Crippen molar-refractivity contribution in [2.75, 3.05) is 23.1 Å². The van der Waals surface area contributed by atoms with Gasteiger partial charge in [0.05, 0.1) is 26.2 Å². The summed E-state index contributed by atoms with van der Waals surface area (Å²) in [6.45, 7) is 1.79. The minimum atomic E-state index is -0.739. The average molecular weight is 473 g/mol. The summed E-state index contributed by atoms with van der Waals surface area (Å²) in [4.78, 5) is 40.6. The summed E-state index contributed by atoms with van der Waals surface area (Å²) in [6, 6.07) is 5.93. The Morgan fingerprint density at radius 3 is 2.69 bits per heavy atom. The molecule has 2 rings (SSSR count). The largest absolute Gasteiger partial charge is 0.369 e. The molecule has 0 aliphatic rings. The summed E-state index contributed by atoms with van der Waals surface area (Å²) in [5.41, 5.74) is 6.19. The lowest BCUT2D eigenvalue weighted by Crippen LogP contribution is -2.44. The molecular weight excluding hydrogens is 452 g/mol. The number of benzene rings is 1. The number of nitrogens with one attached hydrogen (secondary N) is 2. The van der Waals surface area contributed by atoms with Crippen molar-refractivity contribution < 1.29 is 14.4 Å². The van der Waals surface area contributed by atoms with Gasteiger partial charge in [0.1, 0.15) is 6.04 Å². The van der Waals surface area contributed by atoms with Crippen LogP contribution >= 0.6 is 46.5 Å². The highest BCUT2D eigenvalue weighted by Gasteiger charge is 2.23. The predicted molar refractivity (Wildman–Crippen MR) is 121 cm³/mol. The van der Waals surface area contributed by atoms with E-state index in [1.54, 1.807) is 43.0 Å². The molecule has 1 heterocycles. The minimum absolute atomic E-state index is 0.140. The number of nitrogens with two attached hydrogens (primary N) is 1. The average Bonchev–Trinajstić information content (AvgIpc) is 3.02. The highest BCUT2D eigenvalue weighted by Crippen LogP contribution is 2.32. The second-order valence-corrected chi connectivity index (χ2v) is 9.56. The van der Waals surface area contributed by atoms with Crippen LogP contribution in [0.4, 0.5) is 5.13 Å². The second-order valence-electron chi connectivity index (χ2n) is 5.92. The Balaban J connectivity index is 2.08. The number of halogens is 1. The molecule has 29 heavy (non-hydrogen) atoms. The van der Waals surface area contributed by atoms with E-state index in [-0.39, 0.29) is 11.7 Å². The Hall–Kier alpha value is -1.75. The molecule has 0 bridgehead atoms. The summed E-state index contributed by atoms with van der Waals surface area (Å²) in [7, 11) is 0. The molecule has 0 saturated heterocycles. The number of thioether (sulfide) groups is 2. The van der Waals surface area contributed by atoms with Gasteiger partial charge in [0.2, 0.25) is 11.8 Å². The second kappa shape index (κ2) is 11.4. The number of anilines is 1. The van der Waals surface area contributed by atoms with E-state index in [0.29, 0.717) is 33.6 Å². The van der Waals surface area contributed by atoms with Crippen molar-refractivity contribution in [3.8, 4) is 0 Å². The van der Waals surface area contributed by atoms with Gasteiger partial charge in [-0.05, 0) is 37.5 Å². The van der Waals surface area contributed by atoms with Gasteiger partial charge in [-0.1, -0.05) is 35.1 Å². The molecule has 7 nitrogen and oxygen atoms in total. The summed E-state index contributed by atoms with van der Waals surface area (Å²) < 4.78 is 0.805. The van der Waals surface area contributed by atoms with Crippen LogP contribution in [0.5, 0.6) is 0 Å². The topological polar surface area (TPSA) is 114 Å². The van der Waals surface area contributed by atoms with Gasteiger partial charge in [-0.25, -0.2) is 4.98 Å². The van der Waals surface area contributed by atoms with Gasteiger partial charge in [-0.15, -0.1) is 11.8 Å². The molecule has 4 N–H and O–H groups in total. The van der Waals surface area contributed by atoms with Crippen LogP contribution < -0.4 is 16.4 Å². The van der Waals surface area contributed by atoms with Crippen molar-refractivity contribution in [3.63, 3.8) is 0 Å². The van der Waals surface area contributed by atoms with Crippen LogP contribution in [0.2, 0.25) is 5.02 Å². The standard InChI is InChI=1S/C18H21ClN4O3S3/c1-10-17(28-9-14(20)24)29-18(21-10)23-16(26)13(7-8-27-2)22-15(25)11-5-3-4-6-12(11)19/h3-6,13H,7-9H2,1-2H3,(H2,20,24)(H,22,25)(H,21,23,26). The van der Waals surface area contributed by atoms with E-state index < -0.39 is 17.9 Å². The third kappa shape index (κ3) is 7.22. The number of hydrogen-bond acceptors (Lipinski definition) is 7. The van der Waals surface area contributed by atoms with Crippen LogP contribution in [-0.2, 0) is 9.59 Å². The normalized spacial score (nSPS) is 11.7. The molecule has 0 saturated carbocycles. The lowest BCUT2D eigenvalue weighted by Gasteiger charge is -2.17. The van der Waals surface area contributed by atoms with Crippen molar-refractivity contribution in [1.29, 1.82) is 0 Å². The Morgan fingerprint density at radius 1 is 1.31 bits per heavy atom. The minimum Gasteiger partial charge on any atom is -0.369 e. The van der Waals surface area contributed by atoms with E-state index in [1.807, 2.05) is 6.26 Å². The number of carbonyl (C=O) groups excluding carboxylic acids is 3. The Morgan fingerprint density at radius 2 is 2.03 bits per heavy atom. The fourth-order valence-electron chi connectivity index (χ4n) is 2.28. The number of primary amides is 1. The predicted octanol–water partition coefficient (Wildman–Crippen LogP) is 3.17. The molecule has 1 unspecified atom stereocenters. The summed E-state index contributed by atoms with van der Waals surface area (Å²) in [5, 5.41) is 6.23. The molecule has 0 spiro atoms. The number of aromatic nitrogens is 1. The van der Waals surface area contributed by atoms with Gasteiger partial charge in [0.25, 0.3) is 5.91 Å². The van der Waals surface area contributed by atoms with Crippen molar-refractivity contribution >= 4 is 69.3 Å². The van der Waals surface area contributed by atoms with Crippen LogP contribution in [-0.4, -0.2) is 46.5 Å². The number of rotatable bonds is 10. The van der Waals surface area contributed by atoms with Crippen LogP contribution in [0.15, 0.2) is 28.5 Å². The van der Waals surface area contributed by atoms with Crippen molar-refractivity contribution in [3.05, 3.63) is 40.5 Å². The molecule has 0 fully saturated rings. The zero-order valence-corrected chi connectivity index (χ0v) is 19.1. The fourth-order valence-corrected chi connectivity index (χ4v) is 4.86. The zero-order valence-electron chi connectivity index (χ0n) is 15.9. The molecule has 1 aromatic heterocycles. The van der Waals surface area contributed by atoms with E-state index in [0.717, 1.165) is 4.21 Å². The van der Waals surface area contributed by atoms with Crippen molar-refractivity contribution in [1.82, 2.24) is 10.3 Å². The highest BCUT2D eigenvalue weighted by atomic mass is 35.5. The van der Waals surface area contributed by atoms with Gasteiger partial charge < -0.3 is 16.4 Å². The molecule has 0 aliphatic carbocycles. The molecule has 156 valence electrons. The van der Waals surface area contributed by atoms with E-state index in [4.69, 9.17) is 17.3 Å². The molecule has 0 radical (unpaired) electrons. The van der Waals surface area contributed by atoms with Crippen LogP contribution in [0.1, 0.15) is 22.5 Å². The highest BCUT2D eigenvalue weighted by molar-refractivity contribution is 8.01. The third-order valence-electron chi connectivity index (χ3n) is 3.68. The molecule has 1 aromatic carbocycles. The smallest absolute Gasteiger partial charge is 0.253 e. The third-order valence-corrected chi connectivity index (χ3v) is 7.11. The number of hydrogen-bond donors (Lipinski definition) is 3. The van der Waals surface area contributed by atoms with Crippen LogP contribution in [0.3, 0.4) is 0 Å². The van der Waals surface area contributed by atoms with Crippen LogP contribution in [0, 0.1) is 6.92 Å². The van der Waals surface area contributed by atoms with Crippen LogP contribution in [0.25, 0.3) is 0 Å². The maximum atomic E-state index is 12.8. The maximum absolute atomic E-state index is 12.8. The van der Waals surface area contributed by atoms with Crippen molar-refractivity contribution in [2.45, 2.75) is 23.6 Å². The summed E-state index contributed by atoms with van der Waals surface area (Å²) in [5.74, 6) is -0.365.